The third kappa shape index (κ3) is 24.1. The quantitative estimate of drug-likeness (QED) is 0.0390. The number of unbranched alkanes of at least 4 members (excludes halogenated alkanes) is 16. The van der Waals surface area contributed by atoms with E-state index in [9.17, 15) is 29.1 Å². The van der Waals surface area contributed by atoms with Crippen molar-refractivity contribution in [2.75, 3.05) is 69.3 Å². The number of amides is 2. The van der Waals surface area contributed by atoms with Gasteiger partial charge in [-0.1, -0.05) is 123 Å². The molecule has 4 N–H and O–H groups in total. The van der Waals surface area contributed by atoms with Gasteiger partial charge in [-0.25, -0.2) is 9.97 Å². The van der Waals surface area contributed by atoms with E-state index >= 15 is 0 Å². The molecule has 78 heavy (non-hydrogen) atoms. The number of carboxylic acids is 3. The number of rotatable bonds is 41. The van der Waals surface area contributed by atoms with Crippen LogP contribution in [0.3, 0.4) is 0 Å². The van der Waals surface area contributed by atoms with E-state index in [1.807, 2.05) is 60.4 Å². The second kappa shape index (κ2) is 34.3. The van der Waals surface area contributed by atoms with E-state index in [0.717, 1.165) is 87.8 Å². The first-order chi connectivity index (χ1) is 37.6. The van der Waals surface area contributed by atoms with Crippen LogP contribution in [0.5, 0.6) is 11.6 Å². The molecule has 1 saturated heterocycles. The van der Waals surface area contributed by atoms with Crippen LogP contribution in [0.4, 0.5) is 11.5 Å². The molecule has 3 aromatic rings. The van der Waals surface area contributed by atoms with Gasteiger partial charge in [-0.3, -0.25) is 33.8 Å². The van der Waals surface area contributed by atoms with Crippen molar-refractivity contribution < 1.29 is 48.8 Å². The number of carbonyl (C=O) groups is 5. The summed E-state index contributed by atoms with van der Waals surface area (Å²) in [6.07, 6.45) is 28.4. The number of piperidine rings is 1. The van der Waals surface area contributed by atoms with Gasteiger partial charge in [-0.2, -0.15) is 0 Å². The van der Waals surface area contributed by atoms with Gasteiger partial charge in [0.25, 0.3) is 5.91 Å². The van der Waals surface area contributed by atoms with Gasteiger partial charge in [0.05, 0.1) is 44.5 Å². The number of ether oxygens (including phenoxy) is 2. The number of aliphatic carboxylic acids is 3. The minimum absolute atomic E-state index is 0.00682. The monoisotopic (exact) mass is 1080 g/mol. The molecule has 1 saturated carbocycles. The summed E-state index contributed by atoms with van der Waals surface area (Å²) in [5, 5.41) is 30.3. The van der Waals surface area contributed by atoms with Gasteiger partial charge >= 0.3 is 17.9 Å². The number of hydrogen-bond acceptors (Lipinski definition) is 11. The van der Waals surface area contributed by atoms with Crippen LogP contribution in [0.1, 0.15) is 202 Å². The number of benzene rings is 1. The summed E-state index contributed by atoms with van der Waals surface area (Å²) in [5.41, 5.74) is 3.22. The van der Waals surface area contributed by atoms with Gasteiger partial charge < -0.3 is 35.0 Å². The van der Waals surface area contributed by atoms with E-state index < -0.39 is 17.9 Å². The molecular weight excluding hydrogens is 989 g/mol. The first-order valence-electron chi connectivity index (χ1n) is 29.5. The minimum atomic E-state index is -1.07. The molecule has 16 heteroatoms. The number of anilines is 2. The second-order valence-corrected chi connectivity index (χ2v) is 23.0. The fraction of sp³-hybridized carbons (Fsp3) is 0.661. The highest BCUT2D eigenvalue weighted by Gasteiger charge is 2.35. The highest BCUT2D eigenvalue weighted by Crippen LogP contribution is 2.45. The average Bonchev–Trinajstić information content (AvgIpc) is 4.26. The van der Waals surface area contributed by atoms with E-state index in [2.05, 4.69) is 29.0 Å². The lowest BCUT2D eigenvalue weighted by Gasteiger charge is -2.36. The zero-order valence-electron chi connectivity index (χ0n) is 47.7. The largest absolute Gasteiger partial charge is 0.497 e. The number of nitrogens with zero attached hydrogens (tertiary/aromatic N) is 5. The average molecular weight is 1080 g/mol. The number of aryl methyl sites for hydroxylation is 1. The van der Waals surface area contributed by atoms with Crippen molar-refractivity contribution in [1.29, 1.82) is 0 Å². The van der Waals surface area contributed by atoms with Gasteiger partial charge in [-0.15, -0.1) is 0 Å². The molecule has 2 aliphatic rings. The molecule has 0 spiro atoms. The lowest BCUT2D eigenvalue weighted by molar-refractivity contribution is -0.142. The third-order valence-electron chi connectivity index (χ3n) is 15.6. The first-order valence-corrected chi connectivity index (χ1v) is 29.5. The summed E-state index contributed by atoms with van der Waals surface area (Å²) in [4.78, 5) is 75.4. The maximum Gasteiger partial charge on any atom is 0.317 e. The molecule has 2 aromatic heterocycles. The molecule has 1 aliphatic heterocycles. The Balaban J connectivity index is 0.943. The Morgan fingerprint density at radius 3 is 1.91 bits per heavy atom. The van der Waals surface area contributed by atoms with Crippen LogP contribution in [-0.4, -0.2) is 119 Å². The molecule has 0 bridgehead atoms. The summed E-state index contributed by atoms with van der Waals surface area (Å²) in [6, 6.07) is 15.5. The summed E-state index contributed by atoms with van der Waals surface area (Å²) in [7, 11) is 1.66. The Hall–Kier alpha value is -5.77. The van der Waals surface area contributed by atoms with Crippen molar-refractivity contribution in [2.45, 2.75) is 187 Å². The zero-order valence-corrected chi connectivity index (χ0v) is 47.7. The number of carboxylic acid groups (broad SMARTS) is 3. The van der Waals surface area contributed by atoms with Gasteiger partial charge in [0, 0.05) is 63.2 Å². The number of carbonyl (C=O) groups excluding carboxylic acids is 2. The molecule has 432 valence electrons. The van der Waals surface area contributed by atoms with Crippen LogP contribution < -0.4 is 24.6 Å². The number of methoxy groups -OCH3 is 1. The second-order valence-electron chi connectivity index (χ2n) is 23.0. The van der Waals surface area contributed by atoms with Crippen molar-refractivity contribution >= 4 is 41.2 Å². The van der Waals surface area contributed by atoms with Crippen LogP contribution in [-0.2, 0) is 19.2 Å². The maximum absolute atomic E-state index is 15.0. The molecule has 16 nitrogen and oxygen atoms in total. The van der Waals surface area contributed by atoms with Crippen molar-refractivity contribution in [1.82, 2.24) is 20.2 Å². The first kappa shape index (κ1) is 63.1. The lowest BCUT2D eigenvalue weighted by Crippen LogP contribution is -2.41. The number of hydrogen-bond donors (Lipinski definition) is 4. The van der Waals surface area contributed by atoms with Crippen LogP contribution in [0.2, 0.25) is 0 Å². The van der Waals surface area contributed by atoms with Crippen LogP contribution in [0.25, 0.3) is 0 Å². The Bertz CT molecular complexity index is 2280. The highest BCUT2D eigenvalue weighted by atomic mass is 16.5. The van der Waals surface area contributed by atoms with Gasteiger partial charge in [-0.05, 0) is 111 Å². The summed E-state index contributed by atoms with van der Waals surface area (Å²) in [5.74, 6) is -0.358. The molecule has 0 radical (unpaired) electrons. The molecule has 1 aromatic carbocycles. The fourth-order valence-corrected chi connectivity index (χ4v) is 10.9. The molecule has 5 rings (SSSR count). The molecule has 3 heterocycles. The predicted molar refractivity (Wildman–Crippen MR) is 307 cm³/mol. The van der Waals surface area contributed by atoms with Gasteiger partial charge in [0.1, 0.15) is 11.6 Å². The lowest BCUT2D eigenvalue weighted by atomic mass is 9.85. The van der Waals surface area contributed by atoms with E-state index in [-0.39, 0.29) is 42.7 Å². The summed E-state index contributed by atoms with van der Waals surface area (Å²) in [6.45, 7) is 9.16. The van der Waals surface area contributed by atoms with E-state index in [1.165, 1.54) is 88.4 Å². The Labute approximate surface area is 465 Å². The Morgan fingerprint density at radius 2 is 1.35 bits per heavy atom. The Kier molecular flexibility index (Phi) is 27.7. The smallest absolute Gasteiger partial charge is 0.317 e. The zero-order chi connectivity index (χ0) is 56.1. The van der Waals surface area contributed by atoms with Crippen molar-refractivity contribution in [3.05, 3.63) is 71.5 Å². The van der Waals surface area contributed by atoms with E-state index in [4.69, 9.17) is 24.7 Å². The normalized spacial score (nSPS) is 14.3. The van der Waals surface area contributed by atoms with Crippen LogP contribution >= 0.6 is 0 Å². The maximum atomic E-state index is 15.0. The SMILES string of the molecule is COc1ccc(C(=O)N(CC(C)(C)CCCCCCCCCCCCCCCCCCCC(=O)NCCCN(CC(=O)O)CC(=O)O)c2cccc(C)n2)c(N2CCC(COc3cc([C@@H](CC(=O)O)C4CC4)ccn3)CC2)c1. The molecular formula is C62H94N6O10. The summed E-state index contributed by atoms with van der Waals surface area (Å²) < 4.78 is 11.9. The topological polar surface area (TPSA) is 212 Å². The molecule has 1 atom stereocenters. The number of nitrogens with one attached hydrogen (secondary N) is 1. The number of pyridine rings is 2. The standard InChI is InChI=1S/C62H94N6O10/c1-47-24-22-25-55(65-47)68(61(76)52-30-29-51(77-4)41-54(52)67-38-32-48(33-39-67)45-78-57-40-50(31-36-64-57)53(42-58(70)71)49-27-28-49)46-62(2,3)34-21-19-17-15-13-11-9-7-5-6-8-10-12-14-16-18-20-26-56(69)63-35-23-37-66(43-59(72)73)44-60(74)75/h22,24-25,29-31,36,40-41,48-49,53H,5-21,23,26-28,32-35,37-39,42-46H2,1-4H3,(H,63,69)(H,70,71)(H,72,73)(H,74,75)/t53-/m0/s1. The van der Waals surface area contributed by atoms with E-state index in [0.29, 0.717) is 73.9 Å². The van der Waals surface area contributed by atoms with Crippen molar-refractivity contribution in [2.24, 2.45) is 17.3 Å². The minimum Gasteiger partial charge on any atom is -0.497 e. The highest BCUT2D eigenvalue weighted by molar-refractivity contribution is 6.09. The third-order valence-corrected chi connectivity index (χ3v) is 15.6. The Morgan fingerprint density at radius 1 is 0.744 bits per heavy atom. The van der Waals surface area contributed by atoms with Crippen LogP contribution in [0, 0.1) is 24.2 Å². The summed E-state index contributed by atoms with van der Waals surface area (Å²) >= 11 is 0. The van der Waals surface area contributed by atoms with Crippen LogP contribution in [0.15, 0.2) is 54.7 Å². The molecule has 0 unspecified atom stereocenters. The fourth-order valence-electron chi connectivity index (χ4n) is 10.9. The van der Waals surface area contributed by atoms with Gasteiger partial charge in [0.2, 0.25) is 11.8 Å². The van der Waals surface area contributed by atoms with Gasteiger partial charge in [0.15, 0.2) is 0 Å². The van der Waals surface area contributed by atoms with E-state index in [1.54, 1.807) is 13.3 Å². The predicted octanol–water partition coefficient (Wildman–Crippen LogP) is 12.1. The molecule has 1 aliphatic carbocycles. The van der Waals surface area contributed by atoms with Crippen molar-refractivity contribution in [3.63, 3.8) is 0 Å². The van der Waals surface area contributed by atoms with Crippen molar-refractivity contribution in [3.8, 4) is 11.6 Å². The molecule has 2 amide bonds. The molecule has 2 fully saturated rings. The number of aromatic nitrogens is 2.